The van der Waals surface area contributed by atoms with E-state index in [1.165, 1.54) is 5.56 Å². The summed E-state index contributed by atoms with van der Waals surface area (Å²) >= 11 is 0. The van der Waals surface area contributed by atoms with E-state index in [1.807, 2.05) is 6.07 Å². The van der Waals surface area contributed by atoms with Gasteiger partial charge in [-0.3, -0.25) is 0 Å². The number of hydrogen-bond acceptors (Lipinski definition) is 2. The van der Waals surface area contributed by atoms with Crippen molar-refractivity contribution < 1.29 is 9.53 Å². The molecule has 1 fully saturated rings. The number of aryl methyl sites for hydroxylation is 1. The molecule has 0 spiro atoms. The Morgan fingerprint density at radius 1 is 1.26 bits per heavy atom. The normalized spacial score (nSPS) is 27.4. The van der Waals surface area contributed by atoms with Gasteiger partial charge in [0, 0.05) is 5.92 Å². The molecule has 1 heterocycles. The van der Waals surface area contributed by atoms with Gasteiger partial charge in [-0.1, -0.05) is 44.2 Å². The minimum atomic E-state index is 0.182. The van der Waals surface area contributed by atoms with Crippen LogP contribution in [-0.2, 0) is 16.0 Å². The van der Waals surface area contributed by atoms with Gasteiger partial charge in [0.25, 0.3) is 0 Å². The van der Waals surface area contributed by atoms with Crippen LogP contribution in [0.4, 0.5) is 0 Å². The first-order valence-electron chi connectivity index (χ1n) is 7.33. The van der Waals surface area contributed by atoms with Crippen molar-refractivity contribution in [3.05, 3.63) is 35.9 Å². The van der Waals surface area contributed by atoms with E-state index in [9.17, 15) is 4.79 Å². The minimum absolute atomic E-state index is 0.182. The highest BCUT2D eigenvalue weighted by Crippen LogP contribution is 2.29. The van der Waals surface area contributed by atoms with Crippen molar-refractivity contribution in [3.8, 4) is 0 Å². The second-order valence-electron chi connectivity index (χ2n) is 5.93. The quantitative estimate of drug-likeness (QED) is 0.756. The van der Waals surface area contributed by atoms with Gasteiger partial charge in [-0.15, -0.1) is 0 Å². The monoisotopic (exact) mass is 260 g/mol. The molecule has 19 heavy (non-hydrogen) atoms. The highest BCUT2D eigenvalue weighted by atomic mass is 16.5. The Balaban J connectivity index is 1.90. The summed E-state index contributed by atoms with van der Waals surface area (Å²) in [6.07, 6.45) is 5.41. The topological polar surface area (TPSA) is 26.3 Å². The Labute approximate surface area is 116 Å². The summed E-state index contributed by atoms with van der Waals surface area (Å²) in [4.78, 5) is 11.1. The van der Waals surface area contributed by atoms with E-state index < -0.39 is 0 Å². The van der Waals surface area contributed by atoms with Crippen LogP contribution in [-0.4, -0.2) is 18.5 Å². The van der Waals surface area contributed by atoms with E-state index in [4.69, 9.17) is 4.74 Å². The van der Waals surface area contributed by atoms with Crippen LogP contribution in [0.1, 0.15) is 38.7 Å². The smallest absolute Gasteiger partial charge is 0.123 e. The molecule has 2 rings (SSSR count). The summed E-state index contributed by atoms with van der Waals surface area (Å²) < 4.78 is 6.14. The molecule has 1 aliphatic heterocycles. The number of benzene rings is 1. The Hall–Kier alpha value is -1.15. The maximum atomic E-state index is 11.1. The lowest BCUT2D eigenvalue weighted by Gasteiger charge is -2.35. The number of ether oxygens (including phenoxy) is 1. The molecule has 3 atom stereocenters. The predicted octanol–water partition coefficient (Wildman–Crippen LogP) is 3.64. The van der Waals surface area contributed by atoms with Crippen LogP contribution < -0.4 is 0 Å². The Morgan fingerprint density at radius 2 is 2.00 bits per heavy atom. The van der Waals surface area contributed by atoms with E-state index >= 15 is 0 Å². The zero-order valence-corrected chi connectivity index (χ0v) is 11.9. The first kappa shape index (κ1) is 14.3. The van der Waals surface area contributed by atoms with Gasteiger partial charge in [-0.25, -0.2) is 0 Å². The SMILES string of the molecule is CC(C)[C@H]1CC(C=O)C[C@@H](CCc2ccccc2)O1. The highest BCUT2D eigenvalue weighted by Gasteiger charge is 2.30. The lowest BCUT2D eigenvalue weighted by Crippen LogP contribution is -2.36. The Kier molecular flexibility index (Phi) is 5.15. The summed E-state index contributed by atoms with van der Waals surface area (Å²) in [7, 11) is 0. The van der Waals surface area contributed by atoms with Crippen LogP contribution in [0.3, 0.4) is 0 Å². The molecule has 1 saturated heterocycles. The van der Waals surface area contributed by atoms with Gasteiger partial charge >= 0.3 is 0 Å². The van der Waals surface area contributed by atoms with Crippen molar-refractivity contribution in [3.63, 3.8) is 0 Å². The molecule has 1 aromatic rings. The summed E-state index contributed by atoms with van der Waals surface area (Å²) in [5.41, 5.74) is 1.35. The minimum Gasteiger partial charge on any atom is -0.375 e. The number of rotatable bonds is 5. The predicted molar refractivity (Wildman–Crippen MR) is 77.1 cm³/mol. The first-order valence-corrected chi connectivity index (χ1v) is 7.33. The van der Waals surface area contributed by atoms with E-state index in [0.29, 0.717) is 5.92 Å². The van der Waals surface area contributed by atoms with Crippen molar-refractivity contribution in [2.45, 2.75) is 51.7 Å². The third-order valence-electron chi connectivity index (χ3n) is 4.00. The molecule has 2 nitrogen and oxygen atoms in total. The molecule has 0 bridgehead atoms. The van der Waals surface area contributed by atoms with Gasteiger partial charge in [-0.2, -0.15) is 0 Å². The standard InChI is InChI=1S/C17H24O2/c1-13(2)17-11-15(12-18)10-16(19-17)9-8-14-6-4-3-5-7-14/h3-7,12-13,15-17H,8-11H2,1-2H3/t15?,16-,17-/m1/s1. The third kappa shape index (κ3) is 4.17. The maximum Gasteiger partial charge on any atom is 0.123 e. The number of hydrogen-bond donors (Lipinski definition) is 0. The van der Waals surface area contributed by atoms with Gasteiger partial charge in [0.15, 0.2) is 0 Å². The molecule has 104 valence electrons. The van der Waals surface area contributed by atoms with Crippen molar-refractivity contribution in [2.24, 2.45) is 11.8 Å². The molecule has 1 unspecified atom stereocenters. The average molecular weight is 260 g/mol. The molecule has 0 saturated carbocycles. The molecule has 0 amide bonds. The largest absolute Gasteiger partial charge is 0.375 e. The maximum absolute atomic E-state index is 11.1. The second kappa shape index (κ2) is 6.85. The third-order valence-corrected chi connectivity index (χ3v) is 4.00. The van der Waals surface area contributed by atoms with Gasteiger partial charge in [-0.05, 0) is 37.2 Å². The molecule has 0 aromatic heterocycles. The van der Waals surface area contributed by atoms with E-state index in [-0.39, 0.29) is 18.1 Å². The summed E-state index contributed by atoms with van der Waals surface area (Å²) in [5.74, 6) is 0.670. The van der Waals surface area contributed by atoms with Crippen LogP contribution in [0.15, 0.2) is 30.3 Å². The van der Waals surface area contributed by atoms with Crippen LogP contribution in [0.2, 0.25) is 0 Å². The highest BCUT2D eigenvalue weighted by molar-refractivity contribution is 5.53. The van der Waals surface area contributed by atoms with Crippen molar-refractivity contribution in [1.29, 1.82) is 0 Å². The van der Waals surface area contributed by atoms with Crippen molar-refractivity contribution >= 4 is 6.29 Å². The average Bonchev–Trinajstić information content (AvgIpc) is 2.45. The van der Waals surface area contributed by atoms with Gasteiger partial charge in [0.2, 0.25) is 0 Å². The molecule has 0 radical (unpaired) electrons. The first-order chi connectivity index (χ1) is 9.19. The Morgan fingerprint density at radius 3 is 2.63 bits per heavy atom. The zero-order chi connectivity index (χ0) is 13.7. The zero-order valence-electron chi connectivity index (χ0n) is 11.9. The lowest BCUT2D eigenvalue weighted by atomic mass is 9.86. The van der Waals surface area contributed by atoms with Crippen LogP contribution in [0, 0.1) is 11.8 Å². The number of aldehydes is 1. The fraction of sp³-hybridized carbons (Fsp3) is 0.588. The lowest BCUT2D eigenvalue weighted by molar-refractivity contribution is -0.125. The number of carbonyl (C=O) groups is 1. The molecular formula is C17H24O2. The molecule has 1 aromatic carbocycles. The second-order valence-corrected chi connectivity index (χ2v) is 5.93. The Bertz CT molecular complexity index is 386. The molecule has 0 N–H and O–H groups in total. The summed E-state index contributed by atoms with van der Waals surface area (Å²) in [6.45, 7) is 4.35. The van der Waals surface area contributed by atoms with E-state index in [2.05, 4.69) is 38.1 Å². The fourth-order valence-corrected chi connectivity index (χ4v) is 2.79. The van der Waals surface area contributed by atoms with Gasteiger partial charge in [0.05, 0.1) is 12.2 Å². The van der Waals surface area contributed by atoms with E-state index in [1.54, 1.807) is 0 Å². The van der Waals surface area contributed by atoms with E-state index in [0.717, 1.165) is 32.0 Å². The van der Waals surface area contributed by atoms with Crippen molar-refractivity contribution in [1.82, 2.24) is 0 Å². The van der Waals surface area contributed by atoms with Crippen LogP contribution >= 0.6 is 0 Å². The van der Waals surface area contributed by atoms with Crippen LogP contribution in [0.25, 0.3) is 0 Å². The van der Waals surface area contributed by atoms with Gasteiger partial charge in [0.1, 0.15) is 6.29 Å². The van der Waals surface area contributed by atoms with Crippen LogP contribution in [0.5, 0.6) is 0 Å². The summed E-state index contributed by atoms with van der Waals surface area (Å²) in [5, 5.41) is 0. The molecule has 1 aliphatic rings. The molecular weight excluding hydrogens is 236 g/mol. The summed E-state index contributed by atoms with van der Waals surface area (Å²) in [6, 6.07) is 10.5. The van der Waals surface area contributed by atoms with Gasteiger partial charge < -0.3 is 9.53 Å². The molecule has 0 aliphatic carbocycles. The molecule has 2 heteroatoms. The van der Waals surface area contributed by atoms with Crippen molar-refractivity contribution in [2.75, 3.05) is 0 Å². The fourth-order valence-electron chi connectivity index (χ4n) is 2.79. The number of carbonyl (C=O) groups excluding carboxylic acids is 1.